The van der Waals surface area contributed by atoms with Crippen LogP contribution in [0.1, 0.15) is 17.2 Å². The molecular weight excluding hydrogens is 266 g/mol. The topological polar surface area (TPSA) is 21.3 Å². The smallest absolute Gasteiger partial charge is 0.118 e. The van der Waals surface area contributed by atoms with Crippen LogP contribution < -0.4 is 10.1 Å². The van der Waals surface area contributed by atoms with E-state index in [1.165, 1.54) is 16.0 Å². The summed E-state index contributed by atoms with van der Waals surface area (Å²) in [6, 6.07) is 17.5. The summed E-state index contributed by atoms with van der Waals surface area (Å²) in [7, 11) is 3.75. The van der Waals surface area contributed by atoms with Crippen molar-refractivity contribution in [1.82, 2.24) is 5.32 Å². The number of hydrogen-bond acceptors (Lipinski definition) is 3. The summed E-state index contributed by atoms with van der Waals surface area (Å²) in [5.41, 5.74) is 2.92. The van der Waals surface area contributed by atoms with Crippen molar-refractivity contribution in [3.05, 3.63) is 59.7 Å². The third kappa shape index (κ3) is 2.56. The molecule has 0 saturated carbocycles. The van der Waals surface area contributed by atoms with Gasteiger partial charge in [-0.1, -0.05) is 24.3 Å². The van der Waals surface area contributed by atoms with E-state index in [1.807, 2.05) is 30.9 Å². The van der Waals surface area contributed by atoms with E-state index in [4.69, 9.17) is 4.74 Å². The number of benzene rings is 2. The fraction of sp³-hybridized carbons (Fsp3) is 0.294. The second-order valence-electron chi connectivity index (χ2n) is 5.00. The number of nitrogens with one attached hydrogen (secondary N) is 1. The van der Waals surface area contributed by atoms with Crippen molar-refractivity contribution in [3.8, 4) is 5.75 Å². The Bertz CT molecular complexity index is 582. The highest BCUT2D eigenvalue weighted by Crippen LogP contribution is 2.41. The summed E-state index contributed by atoms with van der Waals surface area (Å²) < 4.78 is 5.21. The van der Waals surface area contributed by atoms with Crippen molar-refractivity contribution >= 4 is 11.8 Å². The van der Waals surface area contributed by atoms with Gasteiger partial charge in [0.2, 0.25) is 0 Å². The molecule has 0 radical (unpaired) electrons. The van der Waals surface area contributed by atoms with Gasteiger partial charge in [-0.15, -0.1) is 11.8 Å². The summed E-state index contributed by atoms with van der Waals surface area (Å²) in [5, 5.41) is 4.01. The second-order valence-corrected chi connectivity index (χ2v) is 6.31. The molecule has 3 heteroatoms. The Morgan fingerprint density at radius 3 is 2.55 bits per heavy atom. The van der Waals surface area contributed by atoms with Crippen LogP contribution in [0.25, 0.3) is 0 Å². The number of hydrogen-bond donors (Lipinski definition) is 1. The van der Waals surface area contributed by atoms with Crippen LogP contribution in [0.2, 0.25) is 0 Å². The van der Waals surface area contributed by atoms with E-state index >= 15 is 0 Å². The zero-order chi connectivity index (χ0) is 13.9. The summed E-state index contributed by atoms with van der Waals surface area (Å²) in [4.78, 5) is 1.30. The van der Waals surface area contributed by atoms with Gasteiger partial charge in [-0.3, -0.25) is 0 Å². The normalized spacial score (nSPS) is 20.7. The first-order valence-electron chi connectivity index (χ1n) is 6.87. The third-order valence-corrected chi connectivity index (χ3v) is 5.13. The molecule has 2 unspecified atom stereocenters. The Morgan fingerprint density at radius 2 is 1.85 bits per heavy atom. The van der Waals surface area contributed by atoms with E-state index in [0.29, 0.717) is 11.3 Å². The van der Waals surface area contributed by atoms with Crippen molar-refractivity contribution in [1.29, 1.82) is 0 Å². The monoisotopic (exact) mass is 285 g/mol. The molecule has 0 saturated heterocycles. The molecule has 2 nitrogen and oxygen atoms in total. The Morgan fingerprint density at radius 1 is 1.10 bits per heavy atom. The Hall–Kier alpha value is -1.45. The van der Waals surface area contributed by atoms with Crippen molar-refractivity contribution in [2.45, 2.75) is 22.6 Å². The zero-order valence-electron chi connectivity index (χ0n) is 11.8. The lowest BCUT2D eigenvalue weighted by atomic mass is 10.1. The highest BCUT2D eigenvalue weighted by molar-refractivity contribution is 8.00. The van der Waals surface area contributed by atoms with E-state index in [-0.39, 0.29) is 0 Å². The fourth-order valence-electron chi connectivity index (χ4n) is 2.84. The number of methoxy groups -OCH3 is 1. The van der Waals surface area contributed by atoms with Gasteiger partial charge in [0.1, 0.15) is 5.75 Å². The molecule has 0 fully saturated rings. The van der Waals surface area contributed by atoms with Crippen LogP contribution in [0.4, 0.5) is 0 Å². The maximum Gasteiger partial charge on any atom is 0.118 e. The average molecular weight is 285 g/mol. The van der Waals surface area contributed by atoms with Crippen molar-refractivity contribution in [3.63, 3.8) is 0 Å². The second kappa shape index (κ2) is 5.90. The summed E-state index contributed by atoms with van der Waals surface area (Å²) >= 11 is 1.94. The molecular formula is C17H19NOS. The third-order valence-electron chi connectivity index (χ3n) is 3.84. The van der Waals surface area contributed by atoms with Crippen molar-refractivity contribution < 1.29 is 4.74 Å². The number of fused-ring (bicyclic) bond motifs is 1. The van der Waals surface area contributed by atoms with Crippen molar-refractivity contribution in [2.24, 2.45) is 0 Å². The largest absolute Gasteiger partial charge is 0.497 e. The minimum absolute atomic E-state index is 0.429. The van der Waals surface area contributed by atoms with Crippen LogP contribution in [-0.4, -0.2) is 19.4 Å². The maximum absolute atomic E-state index is 5.21. The predicted molar refractivity (Wildman–Crippen MR) is 84.6 cm³/mol. The lowest BCUT2D eigenvalue weighted by Crippen LogP contribution is -2.23. The van der Waals surface area contributed by atoms with Gasteiger partial charge in [0.25, 0.3) is 0 Å². The van der Waals surface area contributed by atoms with Gasteiger partial charge in [0.05, 0.1) is 7.11 Å². The SMILES string of the molecule is CNC1c2ccccc2CC1Sc1ccc(OC)cc1. The van der Waals surface area contributed by atoms with E-state index in [0.717, 1.165) is 12.2 Å². The Balaban J connectivity index is 1.78. The summed E-state index contributed by atoms with van der Waals surface area (Å²) in [5.74, 6) is 0.911. The number of rotatable bonds is 4. The molecule has 20 heavy (non-hydrogen) atoms. The predicted octanol–water partition coefficient (Wildman–Crippen LogP) is 3.67. The number of ether oxygens (including phenoxy) is 1. The molecule has 104 valence electrons. The van der Waals surface area contributed by atoms with Gasteiger partial charge in [0.15, 0.2) is 0 Å². The molecule has 0 spiro atoms. The molecule has 1 aliphatic rings. The molecule has 0 amide bonds. The molecule has 2 atom stereocenters. The first-order valence-corrected chi connectivity index (χ1v) is 7.75. The lowest BCUT2D eigenvalue weighted by Gasteiger charge is -2.19. The van der Waals surface area contributed by atoms with Gasteiger partial charge in [-0.25, -0.2) is 0 Å². The van der Waals surface area contributed by atoms with Gasteiger partial charge in [-0.2, -0.15) is 0 Å². The van der Waals surface area contributed by atoms with E-state index in [1.54, 1.807) is 7.11 Å². The van der Waals surface area contributed by atoms with Crippen LogP contribution in [0.5, 0.6) is 5.75 Å². The van der Waals surface area contributed by atoms with Gasteiger partial charge >= 0.3 is 0 Å². The molecule has 2 aromatic rings. The van der Waals surface area contributed by atoms with Gasteiger partial charge in [0, 0.05) is 16.2 Å². The molecule has 3 rings (SSSR count). The van der Waals surface area contributed by atoms with Gasteiger partial charge < -0.3 is 10.1 Å². The fourth-order valence-corrected chi connectivity index (χ4v) is 4.16. The standard InChI is InChI=1S/C17H19NOS/c1-18-17-15-6-4-3-5-12(15)11-16(17)20-14-9-7-13(19-2)8-10-14/h3-10,16-18H,11H2,1-2H3. The molecule has 0 aliphatic heterocycles. The first kappa shape index (κ1) is 13.5. The minimum atomic E-state index is 0.429. The molecule has 1 aliphatic carbocycles. The van der Waals surface area contributed by atoms with E-state index in [2.05, 4.69) is 41.7 Å². The summed E-state index contributed by atoms with van der Waals surface area (Å²) in [6.45, 7) is 0. The highest BCUT2D eigenvalue weighted by Gasteiger charge is 2.31. The van der Waals surface area contributed by atoms with Crippen molar-refractivity contribution in [2.75, 3.05) is 14.2 Å². The Labute approximate surface area is 124 Å². The van der Waals surface area contributed by atoms with Crippen LogP contribution in [0, 0.1) is 0 Å². The van der Waals surface area contributed by atoms with Gasteiger partial charge in [-0.05, 0) is 48.9 Å². The molecule has 1 N–H and O–H groups in total. The quantitative estimate of drug-likeness (QED) is 0.926. The van der Waals surface area contributed by atoms with Crippen LogP contribution in [-0.2, 0) is 6.42 Å². The van der Waals surface area contributed by atoms with E-state index < -0.39 is 0 Å². The van der Waals surface area contributed by atoms with Crippen LogP contribution in [0.15, 0.2) is 53.4 Å². The lowest BCUT2D eigenvalue weighted by molar-refractivity contribution is 0.414. The Kier molecular flexibility index (Phi) is 3.99. The summed E-state index contributed by atoms with van der Waals surface area (Å²) in [6.07, 6.45) is 1.12. The van der Waals surface area contributed by atoms with Crippen LogP contribution in [0.3, 0.4) is 0 Å². The molecule has 0 bridgehead atoms. The highest BCUT2D eigenvalue weighted by atomic mass is 32.2. The average Bonchev–Trinajstić information content (AvgIpc) is 2.85. The van der Waals surface area contributed by atoms with E-state index in [9.17, 15) is 0 Å². The number of thioether (sulfide) groups is 1. The zero-order valence-corrected chi connectivity index (χ0v) is 12.6. The molecule has 2 aromatic carbocycles. The maximum atomic E-state index is 5.21. The minimum Gasteiger partial charge on any atom is -0.497 e. The van der Waals surface area contributed by atoms with Crippen LogP contribution >= 0.6 is 11.8 Å². The molecule has 0 heterocycles. The first-order chi connectivity index (χ1) is 9.81. The molecule has 0 aromatic heterocycles.